The molecular weight excluding hydrogens is 428 g/mol. The second kappa shape index (κ2) is 10.5. The van der Waals surface area contributed by atoms with Crippen LogP contribution in [0.5, 0.6) is 11.5 Å². The van der Waals surface area contributed by atoms with Crippen LogP contribution >= 0.6 is 11.8 Å². The van der Waals surface area contributed by atoms with E-state index in [0.29, 0.717) is 23.2 Å². The van der Waals surface area contributed by atoms with Crippen LogP contribution in [0.4, 0.5) is 5.69 Å². The average molecular weight is 451 g/mol. The summed E-state index contributed by atoms with van der Waals surface area (Å²) in [5.41, 5.74) is 0.699. The minimum atomic E-state index is -0.144. The summed E-state index contributed by atoms with van der Waals surface area (Å²) >= 11 is 1.30. The van der Waals surface area contributed by atoms with Gasteiger partial charge in [-0.3, -0.25) is 9.36 Å². The first-order valence-electron chi connectivity index (χ1n) is 9.90. The smallest absolute Gasteiger partial charge is 0.234 e. The van der Waals surface area contributed by atoms with Gasteiger partial charge in [0, 0.05) is 5.69 Å². The molecule has 2 aromatic heterocycles. The number of furan rings is 1. The normalized spacial score (nSPS) is 10.7. The van der Waals surface area contributed by atoms with Gasteiger partial charge >= 0.3 is 0 Å². The van der Waals surface area contributed by atoms with E-state index in [4.69, 9.17) is 13.9 Å². The molecule has 0 radical (unpaired) electrons. The number of rotatable bonds is 10. The quantitative estimate of drug-likeness (QED) is 0.361. The molecule has 1 N–H and O–H groups in total. The van der Waals surface area contributed by atoms with Crippen LogP contribution in [-0.2, 0) is 17.9 Å². The highest BCUT2D eigenvalue weighted by Gasteiger charge is 2.16. The number of hydrogen-bond donors (Lipinski definition) is 1. The van der Waals surface area contributed by atoms with E-state index >= 15 is 0 Å². The molecule has 0 spiro atoms. The largest absolute Gasteiger partial charge is 0.497 e. The molecule has 0 bridgehead atoms. The Morgan fingerprint density at radius 2 is 1.84 bits per heavy atom. The molecule has 2 aromatic carbocycles. The Bertz CT molecular complexity index is 1130. The lowest BCUT2D eigenvalue weighted by atomic mass is 10.3. The van der Waals surface area contributed by atoms with Crippen molar-refractivity contribution in [1.82, 2.24) is 14.8 Å². The molecule has 0 unspecified atom stereocenters. The number of methoxy groups -OCH3 is 1. The van der Waals surface area contributed by atoms with Crippen molar-refractivity contribution in [2.75, 3.05) is 18.2 Å². The van der Waals surface area contributed by atoms with Crippen molar-refractivity contribution in [3.8, 4) is 11.5 Å². The summed E-state index contributed by atoms with van der Waals surface area (Å²) in [4.78, 5) is 12.4. The lowest BCUT2D eigenvalue weighted by molar-refractivity contribution is -0.113. The van der Waals surface area contributed by atoms with Crippen LogP contribution in [0.1, 0.15) is 11.6 Å². The minimum absolute atomic E-state index is 0.144. The first kappa shape index (κ1) is 21.5. The number of para-hydroxylation sites is 1. The van der Waals surface area contributed by atoms with Gasteiger partial charge in [0.2, 0.25) is 5.91 Å². The third-order valence-electron chi connectivity index (χ3n) is 4.50. The van der Waals surface area contributed by atoms with Crippen molar-refractivity contribution < 1.29 is 18.7 Å². The first-order valence-corrected chi connectivity index (χ1v) is 10.9. The molecule has 0 aliphatic rings. The van der Waals surface area contributed by atoms with Crippen LogP contribution in [0.15, 0.2) is 82.6 Å². The van der Waals surface area contributed by atoms with Crippen LogP contribution in [0.2, 0.25) is 0 Å². The van der Waals surface area contributed by atoms with E-state index in [-0.39, 0.29) is 18.3 Å². The number of nitrogens with one attached hydrogen (secondary N) is 1. The number of hydrogen-bond acceptors (Lipinski definition) is 7. The highest BCUT2D eigenvalue weighted by atomic mass is 32.2. The SMILES string of the molecule is COc1ccc(NC(=O)CSc2nnc(COc3ccccc3)n2Cc2ccco2)cc1. The van der Waals surface area contributed by atoms with Gasteiger partial charge in [-0.15, -0.1) is 10.2 Å². The van der Waals surface area contributed by atoms with Gasteiger partial charge < -0.3 is 19.2 Å². The molecule has 0 saturated carbocycles. The van der Waals surface area contributed by atoms with Gasteiger partial charge in [-0.05, 0) is 48.5 Å². The van der Waals surface area contributed by atoms with Crippen LogP contribution < -0.4 is 14.8 Å². The summed E-state index contributed by atoms with van der Waals surface area (Å²) in [7, 11) is 1.60. The van der Waals surface area contributed by atoms with Crippen molar-refractivity contribution in [3.63, 3.8) is 0 Å². The molecule has 0 aliphatic carbocycles. The summed E-state index contributed by atoms with van der Waals surface area (Å²) in [6.07, 6.45) is 1.62. The molecule has 164 valence electrons. The predicted molar refractivity (Wildman–Crippen MR) is 121 cm³/mol. The molecule has 0 aliphatic heterocycles. The standard InChI is InChI=1S/C23H22N4O4S/c1-29-18-11-9-17(10-12-18)24-22(28)16-32-23-26-25-21(15-31-19-6-3-2-4-7-19)27(23)14-20-8-5-13-30-20/h2-13H,14-16H2,1H3,(H,24,28). The van der Waals surface area contributed by atoms with Gasteiger partial charge in [-0.1, -0.05) is 30.0 Å². The number of aromatic nitrogens is 3. The van der Waals surface area contributed by atoms with E-state index in [1.54, 1.807) is 37.6 Å². The van der Waals surface area contributed by atoms with Crippen molar-refractivity contribution in [1.29, 1.82) is 0 Å². The van der Waals surface area contributed by atoms with E-state index in [1.165, 1.54) is 11.8 Å². The van der Waals surface area contributed by atoms with Crippen molar-refractivity contribution in [3.05, 3.63) is 84.6 Å². The van der Waals surface area contributed by atoms with Crippen LogP contribution in [0.3, 0.4) is 0 Å². The zero-order valence-electron chi connectivity index (χ0n) is 17.4. The fourth-order valence-corrected chi connectivity index (χ4v) is 3.67. The van der Waals surface area contributed by atoms with Gasteiger partial charge in [0.1, 0.15) is 23.9 Å². The third-order valence-corrected chi connectivity index (χ3v) is 5.47. The number of carbonyl (C=O) groups is 1. The number of benzene rings is 2. The highest BCUT2D eigenvalue weighted by Crippen LogP contribution is 2.21. The van der Waals surface area contributed by atoms with E-state index < -0.39 is 0 Å². The Kier molecular flexibility index (Phi) is 7.08. The fourth-order valence-electron chi connectivity index (χ4n) is 2.92. The average Bonchev–Trinajstić information content (AvgIpc) is 3.48. The van der Waals surface area contributed by atoms with Gasteiger partial charge in [-0.25, -0.2) is 0 Å². The Balaban J connectivity index is 1.42. The highest BCUT2D eigenvalue weighted by molar-refractivity contribution is 7.99. The Labute approximate surface area is 189 Å². The van der Waals surface area contributed by atoms with Gasteiger partial charge in [-0.2, -0.15) is 0 Å². The predicted octanol–water partition coefficient (Wildman–Crippen LogP) is 4.24. The lowest BCUT2D eigenvalue weighted by Gasteiger charge is -2.10. The summed E-state index contributed by atoms with van der Waals surface area (Å²) in [6.45, 7) is 0.687. The molecular formula is C23H22N4O4S. The van der Waals surface area contributed by atoms with Crippen molar-refractivity contribution >= 4 is 23.4 Å². The maximum Gasteiger partial charge on any atom is 0.234 e. The summed E-state index contributed by atoms with van der Waals surface area (Å²) < 4.78 is 18.4. The molecule has 2 heterocycles. The van der Waals surface area contributed by atoms with Crippen molar-refractivity contribution in [2.45, 2.75) is 18.3 Å². The number of amides is 1. The third kappa shape index (κ3) is 5.70. The van der Waals surface area contributed by atoms with Crippen LogP contribution in [0.25, 0.3) is 0 Å². The van der Waals surface area contributed by atoms with Gasteiger partial charge in [0.25, 0.3) is 0 Å². The Morgan fingerprint density at radius 1 is 1.03 bits per heavy atom. The van der Waals surface area contributed by atoms with E-state index in [0.717, 1.165) is 17.3 Å². The molecule has 0 saturated heterocycles. The number of thioether (sulfide) groups is 1. The molecule has 0 atom stereocenters. The zero-order chi connectivity index (χ0) is 22.2. The van der Waals surface area contributed by atoms with E-state index in [2.05, 4.69) is 15.5 Å². The first-order chi connectivity index (χ1) is 15.7. The van der Waals surface area contributed by atoms with E-state index in [1.807, 2.05) is 47.0 Å². The minimum Gasteiger partial charge on any atom is -0.497 e. The van der Waals surface area contributed by atoms with Gasteiger partial charge in [0.15, 0.2) is 11.0 Å². The second-order valence-electron chi connectivity index (χ2n) is 6.73. The second-order valence-corrected chi connectivity index (χ2v) is 7.67. The lowest BCUT2D eigenvalue weighted by Crippen LogP contribution is -2.15. The maximum atomic E-state index is 12.4. The number of nitrogens with zero attached hydrogens (tertiary/aromatic N) is 3. The molecule has 1 amide bonds. The summed E-state index contributed by atoms with van der Waals surface area (Å²) in [6, 6.07) is 20.4. The topological polar surface area (TPSA) is 91.4 Å². The molecule has 9 heteroatoms. The maximum absolute atomic E-state index is 12.4. The molecule has 8 nitrogen and oxygen atoms in total. The molecule has 4 aromatic rings. The molecule has 0 fully saturated rings. The monoisotopic (exact) mass is 450 g/mol. The van der Waals surface area contributed by atoms with E-state index in [9.17, 15) is 4.79 Å². The van der Waals surface area contributed by atoms with Crippen LogP contribution in [-0.4, -0.2) is 33.5 Å². The molecule has 4 rings (SSSR count). The Hall–Kier alpha value is -3.72. The fraction of sp³-hybridized carbons (Fsp3) is 0.174. The summed E-state index contributed by atoms with van der Waals surface area (Å²) in [5, 5.41) is 12.0. The number of anilines is 1. The summed E-state index contributed by atoms with van der Waals surface area (Å²) in [5.74, 6) is 2.91. The zero-order valence-corrected chi connectivity index (χ0v) is 18.2. The van der Waals surface area contributed by atoms with Crippen LogP contribution in [0, 0.1) is 0 Å². The van der Waals surface area contributed by atoms with Gasteiger partial charge in [0.05, 0.1) is 25.7 Å². The number of carbonyl (C=O) groups excluding carboxylic acids is 1. The molecule has 32 heavy (non-hydrogen) atoms. The number of ether oxygens (including phenoxy) is 2. The van der Waals surface area contributed by atoms with Crippen molar-refractivity contribution in [2.24, 2.45) is 0 Å². The Morgan fingerprint density at radius 3 is 2.56 bits per heavy atom.